The molecule has 4 heteroatoms. The van der Waals surface area contributed by atoms with Gasteiger partial charge in [0.05, 0.1) is 11.7 Å². The topological polar surface area (TPSA) is 34.0 Å². The van der Waals surface area contributed by atoms with E-state index >= 15 is 0 Å². The van der Waals surface area contributed by atoms with Crippen molar-refractivity contribution in [3.05, 3.63) is 48.3 Å². The monoisotopic (exact) mass is 270 g/mol. The van der Waals surface area contributed by atoms with Crippen molar-refractivity contribution in [2.45, 2.75) is 38.8 Å². The Bertz CT molecular complexity index is 534. The summed E-state index contributed by atoms with van der Waals surface area (Å²) in [6.07, 6.45) is 9.53. The fourth-order valence-corrected chi connectivity index (χ4v) is 3.09. The fourth-order valence-electron chi connectivity index (χ4n) is 3.09. The number of pyridine rings is 1. The summed E-state index contributed by atoms with van der Waals surface area (Å²) >= 11 is 0. The molecule has 0 N–H and O–H groups in total. The first-order valence-corrected chi connectivity index (χ1v) is 7.47. The summed E-state index contributed by atoms with van der Waals surface area (Å²) in [5.74, 6) is 1.10. The number of hydrogen-bond acceptors (Lipinski definition) is 3. The van der Waals surface area contributed by atoms with Gasteiger partial charge in [-0.25, -0.2) is 4.98 Å². The maximum Gasteiger partial charge on any atom is 0.105 e. The maximum atomic E-state index is 4.53. The van der Waals surface area contributed by atoms with Gasteiger partial charge in [0.15, 0.2) is 0 Å². The minimum absolute atomic E-state index is 0.514. The van der Waals surface area contributed by atoms with Crippen molar-refractivity contribution in [2.75, 3.05) is 13.1 Å². The molecule has 0 bridgehead atoms. The van der Waals surface area contributed by atoms with E-state index in [1.54, 1.807) is 0 Å². The normalized spacial score (nSPS) is 19.6. The Morgan fingerprint density at radius 1 is 1.20 bits per heavy atom. The van der Waals surface area contributed by atoms with Crippen molar-refractivity contribution in [1.82, 2.24) is 19.4 Å². The molecule has 3 heterocycles. The molecule has 0 amide bonds. The molecule has 1 aliphatic rings. The molecule has 1 atom stereocenters. The number of aryl methyl sites for hydroxylation is 2. The summed E-state index contributed by atoms with van der Waals surface area (Å²) in [7, 11) is 0. The minimum atomic E-state index is 0.514. The van der Waals surface area contributed by atoms with Gasteiger partial charge >= 0.3 is 0 Å². The zero-order chi connectivity index (χ0) is 13.8. The van der Waals surface area contributed by atoms with Gasteiger partial charge in [0.2, 0.25) is 0 Å². The third-order valence-electron chi connectivity index (χ3n) is 4.16. The van der Waals surface area contributed by atoms with E-state index in [-0.39, 0.29) is 0 Å². The van der Waals surface area contributed by atoms with Crippen LogP contribution in [0.5, 0.6) is 0 Å². The van der Waals surface area contributed by atoms with Crippen LogP contribution in [0.1, 0.15) is 36.8 Å². The van der Waals surface area contributed by atoms with Crippen molar-refractivity contribution in [3.8, 4) is 0 Å². The molecule has 3 rings (SSSR count). The Hall–Kier alpha value is -1.68. The number of nitrogens with zero attached hydrogens (tertiary/aromatic N) is 4. The standard InChI is InChI=1S/C16H22N4/c1-14-17-9-13-19(14)11-5-12-20-10-4-7-16(20)15-6-2-3-8-18-15/h2-3,6,8-9,13,16H,4-5,7,10-12H2,1H3. The van der Waals surface area contributed by atoms with E-state index in [0.717, 1.165) is 18.9 Å². The van der Waals surface area contributed by atoms with Crippen LogP contribution in [-0.4, -0.2) is 32.5 Å². The number of aromatic nitrogens is 3. The van der Waals surface area contributed by atoms with Gasteiger partial charge in [-0.05, 0) is 44.9 Å². The Kier molecular flexibility index (Phi) is 4.11. The van der Waals surface area contributed by atoms with Gasteiger partial charge in [0.1, 0.15) is 5.82 Å². The van der Waals surface area contributed by atoms with Gasteiger partial charge in [0, 0.05) is 31.7 Å². The van der Waals surface area contributed by atoms with Crippen molar-refractivity contribution in [1.29, 1.82) is 0 Å². The lowest BCUT2D eigenvalue weighted by molar-refractivity contribution is 0.245. The summed E-state index contributed by atoms with van der Waals surface area (Å²) in [6.45, 7) is 5.45. The molecule has 0 aliphatic carbocycles. The molecule has 20 heavy (non-hydrogen) atoms. The molecule has 106 valence electrons. The predicted octanol–water partition coefficient (Wildman–Crippen LogP) is 2.81. The van der Waals surface area contributed by atoms with Crippen molar-refractivity contribution >= 4 is 0 Å². The lowest BCUT2D eigenvalue weighted by Crippen LogP contribution is -2.25. The number of imidazole rings is 1. The second-order valence-corrected chi connectivity index (χ2v) is 5.47. The summed E-state index contributed by atoms with van der Waals surface area (Å²) in [4.78, 5) is 11.4. The van der Waals surface area contributed by atoms with Gasteiger partial charge in [-0.1, -0.05) is 6.07 Å². The van der Waals surface area contributed by atoms with E-state index in [0.29, 0.717) is 6.04 Å². The highest BCUT2D eigenvalue weighted by Crippen LogP contribution is 2.30. The highest BCUT2D eigenvalue weighted by Gasteiger charge is 2.26. The molecule has 1 unspecified atom stereocenters. The molecule has 0 aromatic carbocycles. The molecular formula is C16H22N4. The Balaban J connectivity index is 1.56. The van der Waals surface area contributed by atoms with Crippen LogP contribution in [0.15, 0.2) is 36.8 Å². The van der Waals surface area contributed by atoms with Crippen molar-refractivity contribution in [3.63, 3.8) is 0 Å². The summed E-state index contributed by atoms with van der Waals surface area (Å²) in [5.41, 5.74) is 1.23. The Morgan fingerprint density at radius 3 is 2.90 bits per heavy atom. The van der Waals surface area contributed by atoms with Crippen LogP contribution in [0, 0.1) is 6.92 Å². The largest absolute Gasteiger partial charge is 0.335 e. The third-order valence-corrected chi connectivity index (χ3v) is 4.16. The molecule has 1 saturated heterocycles. The molecule has 1 fully saturated rings. The van der Waals surface area contributed by atoms with Gasteiger partial charge in [-0.2, -0.15) is 0 Å². The summed E-state index contributed by atoms with van der Waals surface area (Å²) in [6, 6.07) is 6.75. The van der Waals surface area contributed by atoms with Gasteiger partial charge in [0.25, 0.3) is 0 Å². The summed E-state index contributed by atoms with van der Waals surface area (Å²) < 4.78 is 2.23. The quantitative estimate of drug-likeness (QED) is 0.838. The predicted molar refractivity (Wildman–Crippen MR) is 79.4 cm³/mol. The zero-order valence-corrected chi connectivity index (χ0v) is 12.1. The highest BCUT2D eigenvalue weighted by molar-refractivity contribution is 5.10. The van der Waals surface area contributed by atoms with Gasteiger partial charge in [-0.15, -0.1) is 0 Å². The first kappa shape index (κ1) is 13.3. The first-order chi connectivity index (χ1) is 9.84. The van der Waals surface area contributed by atoms with E-state index in [9.17, 15) is 0 Å². The molecule has 2 aromatic heterocycles. The molecule has 1 aliphatic heterocycles. The number of rotatable bonds is 5. The lowest BCUT2D eigenvalue weighted by Gasteiger charge is -2.24. The maximum absolute atomic E-state index is 4.53. The molecule has 0 spiro atoms. The van der Waals surface area contributed by atoms with Crippen LogP contribution < -0.4 is 0 Å². The van der Waals surface area contributed by atoms with Crippen LogP contribution >= 0.6 is 0 Å². The Morgan fingerprint density at radius 2 is 2.15 bits per heavy atom. The average molecular weight is 270 g/mol. The fraction of sp³-hybridized carbons (Fsp3) is 0.500. The van der Waals surface area contributed by atoms with Crippen LogP contribution in [0.2, 0.25) is 0 Å². The van der Waals surface area contributed by atoms with E-state index in [1.165, 1.54) is 31.5 Å². The van der Waals surface area contributed by atoms with Crippen LogP contribution in [0.25, 0.3) is 0 Å². The van der Waals surface area contributed by atoms with Gasteiger partial charge in [-0.3, -0.25) is 9.88 Å². The highest BCUT2D eigenvalue weighted by atomic mass is 15.2. The van der Waals surface area contributed by atoms with E-state index < -0.39 is 0 Å². The van der Waals surface area contributed by atoms with Crippen LogP contribution in [0.4, 0.5) is 0 Å². The SMILES string of the molecule is Cc1nccn1CCCN1CCCC1c1ccccn1. The molecule has 0 radical (unpaired) electrons. The molecule has 2 aromatic rings. The number of hydrogen-bond donors (Lipinski definition) is 0. The number of likely N-dealkylation sites (tertiary alicyclic amines) is 1. The van der Waals surface area contributed by atoms with Crippen molar-refractivity contribution < 1.29 is 0 Å². The summed E-state index contributed by atoms with van der Waals surface area (Å²) in [5, 5.41) is 0. The van der Waals surface area contributed by atoms with Crippen LogP contribution in [-0.2, 0) is 6.54 Å². The molecule has 4 nitrogen and oxygen atoms in total. The first-order valence-electron chi connectivity index (χ1n) is 7.47. The van der Waals surface area contributed by atoms with Crippen LogP contribution in [0.3, 0.4) is 0 Å². The zero-order valence-electron chi connectivity index (χ0n) is 12.1. The average Bonchev–Trinajstić information content (AvgIpc) is 3.10. The molecular weight excluding hydrogens is 248 g/mol. The second kappa shape index (κ2) is 6.18. The van der Waals surface area contributed by atoms with E-state index in [1.807, 2.05) is 18.5 Å². The van der Waals surface area contributed by atoms with E-state index in [4.69, 9.17) is 0 Å². The molecule has 0 saturated carbocycles. The van der Waals surface area contributed by atoms with Gasteiger partial charge < -0.3 is 4.57 Å². The third kappa shape index (κ3) is 2.90. The Labute approximate surface area is 120 Å². The van der Waals surface area contributed by atoms with E-state index in [2.05, 4.69) is 44.7 Å². The smallest absolute Gasteiger partial charge is 0.105 e. The lowest BCUT2D eigenvalue weighted by atomic mass is 10.1. The minimum Gasteiger partial charge on any atom is -0.335 e. The van der Waals surface area contributed by atoms with Crippen molar-refractivity contribution in [2.24, 2.45) is 0 Å². The second-order valence-electron chi connectivity index (χ2n) is 5.47.